The van der Waals surface area contributed by atoms with E-state index in [9.17, 15) is 18.0 Å². The molecule has 1 aliphatic rings. The Labute approximate surface area is 189 Å². The number of amides is 1. The number of carbonyl (C=O) groups excluding carboxylic acids is 1. The fourth-order valence-electron chi connectivity index (χ4n) is 4.33. The van der Waals surface area contributed by atoms with Crippen molar-refractivity contribution in [3.05, 3.63) is 41.9 Å². The summed E-state index contributed by atoms with van der Waals surface area (Å²) in [4.78, 5) is 20.4. The predicted molar refractivity (Wildman–Crippen MR) is 117 cm³/mol. The number of methoxy groups -OCH3 is 1. The van der Waals surface area contributed by atoms with Gasteiger partial charge in [0.2, 0.25) is 5.88 Å². The van der Waals surface area contributed by atoms with Gasteiger partial charge >= 0.3 is 6.18 Å². The van der Waals surface area contributed by atoms with E-state index in [0.29, 0.717) is 17.0 Å². The lowest BCUT2D eigenvalue weighted by molar-refractivity contribution is -0.141. The van der Waals surface area contributed by atoms with Gasteiger partial charge in [-0.15, -0.1) is 0 Å². The monoisotopic (exact) mass is 461 g/mol. The number of aromatic nitrogens is 4. The van der Waals surface area contributed by atoms with Crippen LogP contribution in [0.4, 0.5) is 18.9 Å². The van der Waals surface area contributed by atoms with Crippen molar-refractivity contribution in [1.29, 1.82) is 0 Å². The zero-order valence-corrected chi connectivity index (χ0v) is 18.7. The second kappa shape index (κ2) is 8.99. The van der Waals surface area contributed by atoms with Crippen LogP contribution in [0, 0.1) is 11.8 Å². The van der Waals surface area contributed by atoms with Gasteiger partial charge in [0.25, 0.3) is 5.91 Å². The third kappa shape index (κ3) is 4.94. The molecule has 0 saturated heterocycles. The van der Waals surface area contributed by atoms with Gasteiger partial charge in [0.15, 0.2) is 5.65 Å². The summed E-state index contributed by atoms with van der Waals surface area (Å²) >= 11 is 0. The maximum absolute atomic E-state index is 12.9. The minimum Gasteiger partial charge on any atom is -0.479 e. The second-order valence-electron chi connectivity index (χ2n) is 8.74. The molecule has 1 fully saturated rings. The SMILES string of the molecule is COc1nc2nn([C@H]3CC[C@H](C(C)C)CC3)cc2cc1NC(=O)c1cccc(C(F)(F)F)n1. The van der Waals surface area contributed by atoms with Crippen molar-refractivity contribution >= 4 is 22.6 Å². The largest absolute Gasteiger partial charge is 0.479 e. The summed E-state index contributed by atoms with van der Waals surface area (Å²) in [5, 5.41) is 7.87. The first kappa shape index (κ1) is 23.0. The van der Waals surface area contributed by atoms with Crippen LogP contribution in [0.1, 0.15) is 61.8 Å². The highest BCUT2D eigenvalue weighted by Crippen LogP contribution is 2.36. The summed E-state index contributed by atoms with van der Waals surface area (Å²) in [5.74, 6) is 0.735. The number of hydrogen-bond acceptors (Lipinski definition) is 5. The zero-order valence-electron chi connectivity index (χ0n) is 18.7. The number of pyridine rings is 2. The number of carbonyl (C=O) groups is 1. The van der Waals surface area contributed by atoms with Gasteiger partial charge in [0, 0.05) is 11.6 Å². The lowest BCUT2D eigenvalue weighted by atomic mass is 9.80. The van der Waals surface area contributed by atoms with Gasteiger partial charge in [-0.05, 0) is 55.7 Å². The molecule has 0 aromatic carbocycles. The van der Waals surface area contributed by atoms with Crippen molar-refractivity contribution in [3.8, 4) is 5.88 Å². The molecule has 0 bridgehead atoms. The molecule has 33 heavy (non-hydrogen) atoms. The summed E-state index contributed by atoms with van der Waals surface area (Å²) < 4.78 is 46.0. The third-order valence-corrected chi connectivity index (χ3v) is 6.25. The first-order valence-corrected chi connectivity index (χ1v) is 10.9. The standard InChI is InChI=1S/C23H26F3N5O2/c1-13(2)14-7-9-16(10-8-14)31-12-15-11-18(22(33-3)29-20(15)30-31)28-21(32)17-5-4-6-19(27-17)23(24,25)26/h4-6,11-14,16H,7-10H2,1-3H3,(H,28,32)/t14-,16-. The van der Waals surface area contributed by atoms with Gasteiger partial charge in [-0.2, -0.15) is 23.3 Å². The van der Waals surface area contributed by atoms with E-state index in [1.54, 1.807) is 6.07 Å². The van der Waals surface area contributed by atoms with Crippen LogP contribution in [0.15, 0.2) is 30.5 Å². The van der Waals surface area contributed by atoms with Crippen LogP contribution >= 0.6 is 0 Å². The number of ether oxygens (including phenoxy) is 1. The molecule has 3 aromatic heterocycles. The Balaban J connectivity index is 1.56. The van der Waals surface area contributed by atoms with Crippen molar-refractivity contribution in [1.82, 2.24) is 19.7 Å². The second-order valence-corrected chi connectivity index (χ2v) is 8.74. The van der Waals surface area contributed by atoms with E-state index < -0.39 is 17.8 Å². The summed E-state index contributed by atoms with van der Waals surface area (Å²) in [6.07, 6.45) is 1.64. The molecule has 3 heterocycles. The molecule has 0 unspecified atom stereocenters. The maximum Gasteiger partial charge on any atom is 0.433 e. The normalized spacial score (nSPS) is 19.1. The molecule has 176 valence electrons. The van der Waals surface area contributed by atoms with E-state index in [2.05, 4.69) is 34.2 Å². The quantitative estimate of drug-likeness (QED) is 0.543. The number of fused-ring (bicyclic) bond motifs is 1. The molecular weight excluding hydrogens is 435 g/mol. The van der Waals surface area contributed by atoms with Crippen molar-refractivity contribution in [3.63, 3.8) is 0 Å². The topological polar surface area (TPSA) is 81.9 Å². The Bertz CT molecular complexity index is 1150. The Hall–Kier alpha value is -3.17. The first-order valence-electron chi connectivity index (χ1n) is 10.9. The number of hydrogen-bond donors (Lipinski definition) is 1. The van der Waals surface area contributed by atoms with E-state index in [0.717, 1.165) is 43.7 Å². The van der Waals surface area contributed by atoms with Crippen LogP contribution in [0.25, 0.3) is 11.0 Å². The van der Waals surface area contributed by atoms with E-state index in [1.165, 1.54) is 13.2 Å². The van der Waals surface area contributed by atoms with Crippen molar-refractivity contribution in [2.75, 3.05) is 12.4 Å². The van der Waals surface area contributed by atoms with Gasteiger partial charge in [-0.25, -0.2) is 4.98 Å². The molecule has 0 atom stereocenters. The summed E-state index contributed by atoms with van der Waals surface area (Å²) in [6, 6.07) is 5.12. The highest BCUT2D eigenvalue weighted by atomic mass is 19.4. The van der Waals surface area contributed by atoms with E-state index >= 15 is 0 Å². The Morgan fingerprint density at radius 2 is 1.91 bits per heavy atom. The van der Waals surface area contributed by atoms with Crippen molar-refractivity contribution in [2.24, 2.45) is 11.8 Å². The van der Waals surface area contributed by atoms with Gasteiger partial charge < -0.3 is 10.1 Å². The number of alkyl halides is 3. The van der Waals surface area contributed by atoms with Gasteiger partial charge in [-0.1, -0.05) is 19.9 Å². The lowest BCUT2D eigenvalue weighted by Crippen LogP contribution is -2.21. The number of halogens is 3. The average molecular weight is 461 g/mol. The highest BCUT2D eigenvalue weighted by Gasteiger charge is 2.33. The van der Waals surface area contributed by atoms with E-state index in [-0.39, 0.29) is 23.3 Å². The van der Waals surface area contributed by atoms with E-state index in [4.69, 9.17) is 4.74 Å². The molecule has 10 heteroatoms. The zero-order chi connectivity index (χ0) is 23.8. The molecule has 7 nitrogen and oxygen atoms in total. The fourth-order valence-corrected chi connectivity index (χ4v) is 4.33. The first-order chi connectivity index (χ1) is 15.7. The minimum atomic E-state index is -4.64. The maximum atomic E-state index is 12.9. The van der Waals surface area contributed by atoms with Gasteiger partial charge in [-0.3, -0.25) is 9.48 Å². The predicted octanol–water partition coefficient (Wildman–Crippen LogP) is 5.49. The van der Waals surface area contributed by atoms with Crippen LogP contribution in [0.5, 0.6) is 5.88 Å². The van der Waals surface area contributed by atoms with Gasteiger partial charge in [0.1, 0.15) is 17.1 Å². The smallest absolute Gasteiger partial charge is 0.433 e. The number of anilines is 1. The molecule has 1 saturated carbocycles. The fraction of sp³-hybridized carbons (Fsp3) is 0.478. The highest BCUT2D eigenvalue weighted by molar-refractivity contribution is 6.04. The molecule has 0 radical (unpaired) electrons. The molecular formula is C23H26F3N5O2. The Morgan fingerprint density at radius 1 is 1.18 bits per heavy atom. The Morgan fingerprint density at radius 3 is 2.55 bits per heavy atom. The summed E-state index contributed by atoms with van der Waals surface area (Å²) in [6.45, 7) is 4.52. The van der Waals surface area contributed by atoms with Crippen LogP contribution in [-0.2, 0) is 6.18 Å². The minimum absolute atomic E-state index is 0.122. The molecule has 0 aliphatic heterocycles. The van der Waals surface area contributed by atoms with Crippen molar-refractivity contribution < 1.29 is 22.7 Å². The molecule has 1 amide bonds. The number of rotatable bonds is 5. The molecule has 1 aliphatic carbocycles. The molecule has 4 rings (SSSR count). The number of nitrogens with zero attached hydrogens (tertiary/aromatic N) is 4. The van der Waals surface area contributed by atoms with Crippen LogP contribution in [0.3, 0.4) is 0 Å². The van der Waals surface area contributed by atoms with Crippen LogP contribution in [-0.4, -0.2) is 32.8 Å². The van der Waals surface area contributed by atoms with Crippen LogP contribution < -0.4 is 10.1 Å². The van der Waals surface area contributed by atoms with Crippen LogP contribution in [0.2, 0.25) is 0 Å². The van der Waals surface area contributed by atoms with Gasteiger partial charge in [0.05, 0.1) is 13.2 Å². The Kier molecular flexibility index (Phi) is 6.27. The average Bonchev–Trinajstić information content (AvgIpc) is 3.21. The third-order valence-electron chi connectivity index (χ3n) is 6.25. The summed E-state index contributed by atoms with van der Waals surface area (Å²) in [5.41, 5.74) is -0.779. The summed E-state index contributed by atoms with van der Waals surface area (Å²) in [7, 11) is 1.40. The molecule has 3 aromatic rings. The van der Waals surface area contributed by atoms with Crippen molar-refractivity contribution in [2.45, 2.75) is 51.7 Å². The lowest BCUT2D eigenvalue weighted by Gasteiger charge is -2.30. The molecule has 0 spiro atoms. The number of nitrogens with one attached hydrogen (secondary N) is 1. The van der Waals surface area contributed by atoms with E-state index in [1.807, 2.05) is 10.9 Å². The molecule has 1 N–H and O–H groups in total.